The van der Waals surface area contributed by atoms with Crippen molar-refractivity contribution < 1.29 is 8.42 Å². The van der Waals surface area contributed by atoms with E-state index in [2.05, 4.69) is 5.32 Å². The van der Waals surface area contributed by atoms with Gasteiger partial charge in [-0.25, -0.2) is 8.42 Å². The smallest absolute Gasteiger partial charge is 0.178 e. The highest BCUT2D eigenvalue weighted by Gasteiger charge is 2.29. The molecule has 0 aliphatic carbocycles. The Morgan fingerprint density at radius 1 is 1.10 bits per heavy atom. The second-order valence-corrected chi connectivity index (χ2v) is 7.66. The molecule has 0 saturated heterocycles. The van der Waals surface area contributed by atoms with Crippen LogP contribution in [0.1, 0.15) is 23.6 Å². The summed E-state index contributed by atoms with van der Waals surface area (Å²) < 4.78 is 24.2. The summed E-state index contributed by atoms with van der Waals surface area (Å²) in [5, 5.41) is 4.15. The van der Waals surface area contributed by atoms with Crippen LogP contribution in [0.25, 0.3) is 0 Å². The van der Waals surface area contributed by atoms with Crippen molar-refractivity contribution in [2.45, 2.75) is 23.9 Å². The van der Waals surface area contributed by atoms with Gasteiger partial charge < -0.3 is 5.32 Å². The molecule has 2 aromatic carbocycles. The lowest BCUT2D eigenvalue weighted by molar-refractivity contribution is 0.491. The van der Waals surface area contributed by atoms with Crippen molar-refractivity contribution in [1.29, 1.82) is 0 Å². The second-order valence-electron chi connectivity index (χ2n) is 5.17. The minimum atomic E-state index is -3.13. The van der Waals surface area contributed by atoms with Crippen LogP contribution < -0.4 is 5.32 Å². The molecule has 1 N–H and O–H groups in total. The molecule has 0 amide bonds. The minimum absolute atomic E-state index is 0.0426. The molecular formula is C16H16ClNO2S. The van der Waals surface area contributed by atoms with Crippen molar-refractivity contribution >= 4 is 21.4 Å². The Morgan fingerprint density at radius 2 is 1.81 bits per heavy atom. The van der Waals surface area contributed by atoms with E-state index in [0.717, 1.165) is 16.1 Å². The first kappa shape index (κ1) is 14.6. The van der Waals surface area contributed by atoms with E-state index in [1.807, 2.05) is 36.4 Å². The van der Waals surface area contributed by atoms with E-state index in [1.54, 1.807) is 12.1 Å². The predicted molar refractivity (Wildman–Crippen MR) is 84.1 cm³/mol. The van der Waals surface area contributed by atoms with Gasteiger partial charge in [-0.15, -0.1) is 0 Å². The van der Waals surface area contributed by atoms with Crippen molar-refractivity contribution in [1.82, 2.24) is 5.32 Å². The summed E-state index contributed by atoms with van der Waals surface area (Å²) >= 11 is 6.15. The van der Waals surface area contributed by atoms with Crippen molar-refractivity contribution in [3.8, 4) is 0 Å². The van der Waals surface area contributed by atoms with Gasteiger partial charge in [-0.3, -0.25) is 0 Å². The van der Waals surface area contributed by atoms with Gasteiger partial charge in [0.2, 0.25) is 0 Å². The van der Waals surface area contributed by atoms with E-state index in [9.17, 15) is 8.42 Å². The number of halogens is 1. The Hall–Kier alpha value is -1.36. The number of benzene rings is 2. The van der Waals surface area contributed by atoms with E-state index in [1.165, 1.54) is 0 Å². The molecule has 0 radical (unpaired) electrons. The zero-order valence-corrected chi connectivity index (χ0v) is 13.0. The van der Waals surface area contributed by atoms with Gasteiger partial charge in [0.05, 0.1) is 10.6 Å². The molecule has 2 aromatic rings. The van der Waals surface area contributed by atoms with Crippen LogP contribution in [0.2, 0.25) is 5.02 Å². The summed E-state index contributed by atoms with van der Waals surface area (Å²) in [5.74, 6) is 0.185. The van der Waals surface area contributed by atoms with E-state index in [4.69, 9.17) is 11.6 Å². The number of nitrogens with one attached hydrogen (secondary N) is 1. The highest BCUT2D eigenvalue weighted by molar-refractivity contribution is 7.91. The molecule has 1 unspecified atom stereocenters. The van der Waals surface area contributed by atoms with Crippen LogP contribution in [0.5, 0.6) is 0 Å². The quantitative estimate of drug-likeness (QED) is 0.943. The summed E-state index contributed by atoms with van der Waals surface area (Å²) in [4.78, 5) is 0.452. The third-order valence-electron chi connectivity index (χ3n) is 3.80. The van der Waals surface area contributed by atoms with Crippen molar-refractivity contribution in [3.05, 3.63) is 64.7 Å². The molecular weight excluding hydrogens is 306 g/mol. The van der Waals surface area contributed by atoms with E-state index in [0.29, 0.717) is 17.9 Å². The van der Waals surface area contributed by atoms with E-state index < -0.39 is 9.84 Å². The largest absolute Gasteiger partial charge is 0.306 e. The summed E-state index contributed by atoms with van der Waals surface area (Å²) in [5.41, 5.74) is 1.88. The molecule has 0 aromatic heterocycles. The van der Waals surface area contributed by atoms with Gasteiger partial charge in [-0.05, 0) is 29.7 Å². The molecule has 1 aliphatic rings. The van der Waals surface area contributed by atoms with Crippen LogP contribution >= 0.6 is 11.6 Å². The van der Waals surface area contributed by atoms with Gasteiger partial charge in [-0.1, -0.05) is 48.0 Å². The van der Waals surface area contributed by atoms with Gasteiger partial charge in [0.25, 0.3) is 0 Å². The van der Waals surface area contributed by atoms with E-state index >= 15 is 0 Å². The Morgan fingerprint density at radius 3 is 2.62 bits per heavy atom. The normalized spacial score (nSPS) is 20.0. The molecule has 3 nitrogen and oxygen atoms in total. The van der Waals surface area contributed by atoms with E-state index in [-0.39, 0.29) is 11.8 Å². The van der Waals surface area contributed by atoms with Crippen molar-refractivity contribution in [3.63, 3.8) is 0 Å². The standard InChI is InChI=1S/C16H16ClNO2S/c17-14-7-3-1-5-12(14)11-18-15-9-10-21(19,20)16-8-4-2-6-13(15)16/h1-8,15,18H,9-11H2. The zero-order valence-electron chi connectivity index (χ0n) is 11.4. The zero-order chi connectivity index (χ0) is 14.9. The Kier molecular flexibility index (Phi) is 4.02. The lowest BCUT2D eigenvalue weighted by Gasteiger charge is -2.26. The first-order valence-electron chi connectivity index (χ1n) is 6.86. The number of hydrogen-bond donors (Lipinski definition) is 1. The summed E-state index contributed by atoms with van der Waals surface area (Å²) in [6.45, 7) is 0.624. The van der Waals surface area contributed by atoms with Crippen LogP contribution in [0, 0.1) is 0 Å². The van der Waals surface area contributed by atoms with Gasteiger partial charge in [-0.2, -0.15) is 0 Å². The average Bonchev–Trinajstić information content (AvgIpc) is 2.48. The van der Waals surface area contributed by atoms with Crippen LogP contribution in [0.15, 0.2) is 53.4 Å². The molecule has 0 saturated carbocycles. The molecule has 0 bridgehead atoms. The highest BCUT2D eigenvalue weighted by Crippen LogP contribution is 2.32. The molecule has 110 valence electrons. The molecule has 1 heterocycles. The molecule has 0 fully saturated rings. The van der Waals surface area contributed by atoms with Gasteiger partial charge in [0.15, 0.2) is 9.84 Å². The maximum atomic E-state index is 12.1. The Labute approximate surface area is 129 Å². The highest BCUT2D eigenvalue weighted by atomic mass is 35.5. The lowest BCUT2D eigenvalue weighted by atomic mass is 10.0. The number of fused-ring (bicyclic) bond motifs is 1. The topological polar surface area (TPSA) is 46.2 Å². The lowest BCUT2D eigenvalue weighted by Crippen LogP contribution is -2.29. The summed E-state index contributed by atoms with van der Waals surface area (Å²) in [7, 11) is -3.13. The Bertz CT molecular complexity index is 758. The van der Waals surface area contributed by atoms with Gasteiger partial charge >= 0.3 is 0 Å². The minimum Gasteiger partial charge on any atom is -0.306 e. The van der Waals surface area contributed by atoms with Gasteiger partial charge in [0, 0.05) is 17.6 Å². The third kappa shape index (κ3) is 2.98. The van der Waals surface area contributed by atoms with Crippen LogP contribution in [-0.2, 0) is 16.4 Å². The molecule has 5 heteroatoms. The first-order valence-corrected chi connectivity index (χ1v) is 8.89. The maximum Gasteiger partial charge on any atom is 0.178 e. The van der Waals surface area contributed by atoms with Crippen molar-refractivity contribution in [2.75, 3.05) is 5.75 Å². The number of rotatable bonds is 3. The third-order valence-corrected chi connectivity index (χ3v) is 5.99. The molecule has 0 spiro atoms. The SMILES string of the molecule is O=S1(=O)CCC(NCc2ccccc2Cl)c2ccccc21. The Balaban J connectivity index is 1.83. The first-order chi connectivity index (χ1) is 10.1. The summed E-state index contributed by atoms with van der Waals surface area (Å²) in [6.07, 6.45) is 0.587. The average molecular weight is 322 g/mol. The van der Waals surface area contributed by atoms with Gasteiger partial charge in [0.1, 0.15) is 0 Å². The maximum absolute atomic E-state index is 12.1. The predicted octanol–water partition coefficient (Wildman–Crippen LogP) is 3.35. The monoisotopic (exact) mass is 321 g/mol. The molecule has 21 heavy (non-hydrogen) atoms. The molecule has 1 atom stereocenters. The second kappa shape index (κ2) is 5.79. The van der Waals surface area contributed by atoms with Crippen LogP contribution in [0.4, 0.5) is 0 Å². The molecule has 3 rings (SSSR count). The fraction of sp³-hybridized carbons (Fsp3) is 0.250. The summed E-state index contributed by atoms with van der Waals surface area (Å²) in [6, 6.07) is 14.9. The fourth-order valence-electron chi connectivity index (χ4n) is 2.68. The van der Waals surface area contributed by atoms with Crippen LogP contribution in [0.3, 0.4) is 0 Å². The molecule has 1 aliphatic heterocycles. The van der Waals surface area contributed by atoms with Crippen LogP contribution in [-0.4, -0.2) is 14.2 Å². The number of sulfone groups is 1. The number of hydrogen-bond acceptors (Lipinski definition) is 3. The van der Waals surface area contributed by atoms with Crippen molar-refractivity contribution in [2.24, 2.45) is 0 Å². The fourth-order valence-corrected chi connectivity index (χ4v) is 4.50.